The minimum atomic E-state index is -0.0451. The van der Waals surface area contributed by atoms with Gasteiger partial charge in [-0.25, -0.2) is 0 Å². The lowest BCUT2D eigenvalue weighted by Gasteiger charge is -2.38. The Bertz CT molecular complexity index is 792. The Labute approximate surface area is 178 Å². The number of hydrogen-bond acceptors (Lipinski definition) is 3. The van der Waals surface area contributed by atoms with Gasteiger partial charge in [0.25, 0.3) is 0 Å². The summed E-state index contributed by atoms with van der Waals surface area (Å²) in [6.07, 6.45) is 1.86. The molecule has 1 saturated heterocycles. The quantitative estimate of drug-likeness (QED) is 0.479. The molecule has 2 aromatic carbocycles. The van der Waals surface area contributed by atoms with Gasteiger partial charge in [0.05, 0.1) is 6.61 Å². The highest BCUT2D eigenvalue weighted by atomic mass is 35.5. The molecule has 0 bridgehead atoms. The van der Waals surface area contributed by atoms with Gasteiger partial charge in [-0.2, -0.15) is 0 Å². The molecule has 0 aromatic heterocycles. The predicted molar refractivity (Wildman–Crippen MR) is 119 cm³/mol. The van der Waals surface area contributed by atoms with Crippen molar-refractivity contribution in [1.82, 2.24) is 10.6 Å². The fourth-order valence-corrected chi connectivity index (χ4v) is 4.04. The summed E-state index contributed by atoms with van der Waals surface area (Å²) < 4.78 is 5.62. The van der Waals surface area contributed by atoms with E-state index in [1.165, 1.54) is 5.56 Å². The average molecular weight is 416 g/mol. The minimum absolute atomic E-state index is 0.0136. The lowest BCUT2D eigenvalue weighted by Crippen LogP contribution is -2.48. The van der Waals surface area contributed by atoms with Gasteiger partial charge >= 0.3 is 0 Å². The highest BCUT2D eigenvalue weighted by Gasteiger charge is 2.34. The molecule has 0 spiro atoms. The van der Waals surface area contributed by atoms with Crippen LogP contribution in [0.4, 0.5) is 0 Å². The number of hydrogen-bond donors (Lipinski definition) is 3. The maximum atomic E-state index is 9.79. The molecular weight excluding hydrogens is 386 g/mol. The number of ether oxygens (including phenoxy) is 1. The first-order valence-electron chi connectivity index (χ1n) is 10.1. The van der Waals surface area contributed by atoms with Crippen LogP contribution in [-0.4, -0.2) is 51.0 Å². The summed E-state index contributed by atoms with van der Waals surface area (Å²) in [4.78, 5) is 4.37. The zero-order valence-corrected chi connectivity index (χ0v) is 17.7. The zero-order valence-electron chi connectivity index (χ0n) is 16.9. The molecule has 5 nitrogen and oxygen atoms in total. The van der Waals surface area contributed by atoms with Gasteiger partial charge < -0.3 is 20.5 Å². The zero-order chi connectivity index (χ0) is 20.5. The van der Waals surface area contributed by atoms with Crippen molar-refractivity contribution in [2.45, 2.75) is 24.2 Å². The first-order valence-corrected chi connectivity index (χ1v) is 10.5. The first kappa shape index (κ1) is 21.6. The van der Waals surface area contributed by atoms with Gasteiger partial charge in [-0.3, -0.25) is 4.99 Å². The van der Waals surface area contributed by atoms with Crippen LogP contribution in [0.25, 0.3) is 0 Å². The molecule has 2 aromatic rings. The van der Waals surface area contributed by atoms with Gasteiger partial charge in [0.2, 0.25) is 0 Å². The molecule has 29 heavy (non-hydrogen) atoms. The SMILES string of the molecule is CN=C(NCC(CO)c1ccccc1)NCC1(c2cccc(Cl)c2)CCOCC1. The molecule has 1 fully saturated rings. The number of rotatable bonds is 7. The van der Waals surface area contributed by atoms with Crippen molar-refractivity contribution in [3.63, 3.8) is 0 Å². The number of aliphatic hydroxyl groups excluding tert-OH is 1. The molecule has 1 atom stereocenters. The van der Waals surface area contributed by atoms with Gasteiger partial charge in [-0.1, -0.05) is 54.1 Å². The molecule has 0 radical (unpaired) electrons. The molecular formula is C23H30ClN3O2. The molecule has 0 aliphatic carbocycles. The van der Waals surface area contributed by atoms with E-state index in [1.807, 2.05) is 42.5 Å². The van der Waals surface area contributed by atoms with E-state index in [1.54, 1.807) is 7.05 Å². The molecule has 0 saturated carbocycles. The number of nitrogens with one attached hydrogen (secondary N) is 2. The van der Waals surface area contributed by atoms with Crippen LogP contribution in [0.3, 0.4) is 0 Å². The van der Waals surface area contributed by atoms with Crippen LogP contribution in [0, 0.1) is 0 Å². The second kappa shape index (κ2) is 10.6. The van der Waals surface area contributed by atoms with Crippen LogP contribution in [-0.2, 0) is 10.2 Å². The normalized spacial score (nSPS) is 17.6. The van der Waals surface area contributed by atoms with Crippen molar-refractivity contribution in [1.29, 1.82) is 0 Å². The highest BCUT2D eigenvalue weighted by molar-refractivity contribution is 6.30. The second-order valence-electron chi connectivity index (χ2n) is 7.50. The van der Waals surface area contributed by atoms with E-state index in [0.29, 0.717) is 6.54 Å². The predicted octanol–water partition coefficient (Wildman–Crippen LogP) is 3.33. The first-order chi connectivity index (χ1) is 14.2. The van der Waals surface area contributed by atoms with E-state index in [-0.39, 0.29) is 17.9 Å². The molecule has 3 rings (SSSR count). The monoisotopic (exact) mass is 415 g/mol. The van der Waals surface area contributed by atoms with E-state index in [0.717, 1.165) is 49.1 Å². The van der Waals surface area contributed by atoms with Crippen LogP contribution in [0.2, 0.25) is 5.02 Å². The summed E-state index contributed by atoms with van der Waals surface area (Å²) in [5.41, 5.74) is 2.29. The number of nitrogens with zero attached hydrogens (tertiary/aromatic N) is 1. The van der Waals surface area contributed by atoms with E-state index >= 15 is 0 Å². The fraction of sp³-hybridized carbons (Fsp3) is 0.435. The molecule has 156 valence electrons. The smallest absolute Gasteiger partial charge is 0.191 e. The largest absolute Gasteiger partial charge is 0.396 e. The minimum Gasteiger partial charge on any atom is -0.396 e. The molecule has 1 aliphatic heterocycles. The molecule has 1 aliphatic rings. The molecule has 1 heterocycles. The molecule has 3 N–H and O–H groups in total. The summed E-state index contributed by atoms with van der Waals surface area (Å²) in [6.45, 7) is 2.90. The summed E-state index contributed by atoms with van der Waals surface area (Å²) in [5.74, 6) is 0.743. The number of aliphatic imine (C=N–C) groups is 1. The highest BCUT2D eigenvalue weighted by Crippen LogP contribution is 2.35. The summed E-state index contributed by atoms with van der Waals surface area (Å²) in [7, 11) is 1.77. The number of guanidine groups is 1. The van der Waals surface area contributed by atoms with Crippen LogP contribution < -0.4 is 10.6 Å². The summed E-state index contributed by atoms with van der Waals surface area (Å²) >= 11 is 6.26. The Morgan fingerprint density at radius 1 is 1.14 bits per heavy atom. The standard InChI is InChI=1S/C23H30ClN3O2/c1-25-22(26-15-19(16-28)18-6-3-2-4-7-18)27-17-23(10-12-29-13-11-23)20-8-5-9-21(24)14-20/h2-9,14,19,28H,10-13,15-17H2,1H3,(H2,25,26,27). The second-order valence-corrected chi connectivity index (χ2v) is 7.94. The van der Waals surface area contributed by atoms with Crippen molar-refractivity contribution >= 4 is 17.6 Å². The van der Waals surface area contributed by atoms with Gasteiger partial charge in [0, 0.05) is 49.7 Å². The molecule has 0 amide bonds. The Hall–Kier alpha value is -2.08. The number of benzene rings is 2. The maximum absolute atomic E-state index is 9.79. The Kier molecular flexibility index (Phi) is 7.92. The molecule has 6 heteroatoms. The van der Waals surface area contributed by atoms with Crippen LogP contribution >= 0.6 is 11.6 Å². The Balaban J connectivity index is 1.65. The third-order valence-corrected chi connectivity index (χ3v) is 5.95. The van der Waals surface area contributed by atoms with Crippen molar-refractivity contribution in [2.75, 3.05) is 40.0 Å². The van der Waals surface area contributed by atoms with Gasteiger partial charge in [-0.05, 0) is 36.1 Å². The van der Waals surface area contributed by atoms with Gasteiger partial charge in [0.1, 0.15) is 0 Å². The van der Waals surface area contributed by atoms with E-state index in [4.69, 9.17) is 16.3 Å². The van der Waals surface area contributed by atoms with Crippen LogP contribution in [0.5, 0.6) is 0 Å². The Morgan fingerprint density at radius 2 is 1.90 bits per heavy atom. The summed E-state index contributed by atoms with van der Waals surface area (Å²) in [5, 5.41) is 17.4. The van der Waals surface area contributed by atoms with Crippen molar-refractivity contribution < 1.29 is 9.84 Å². The van der Waals surface area contributed by atoms with Crippen molar-refractivity contribution in [3.05, 3.63) is 70.7 Å². The fourth-order valence-electron chi connectivity index (χ4n) is 3.85. The van der Waals surface area contributed by atoms with Crippen LogP contribution in [0.1, 0.15) is 29.9 Å². The average Bonchev–Trinajstić information content (AvgIpc) is 2.77. The number of halogens is 1. The number of aliphatic hydroxyl groups is 1. The molecule has 1 unspecified atom stereocenters. The Morgan fingerprint density at radius 3 is 2.55 bits per heavy atom. The third-order valence-electron chi connectivity index (χ3n) is 5.71. The van der Waals surface area contributed by atoms with E-state index in [2.05, 4.69) is 27.8 Å². The van der Waals surface area contributed by atoms with Crippen LogP contribution in [0.15, 0.2) is 59.6 Å². The lowest BCUT2D eigenvalue weighted by atomic mass is 9.74. The topological polar surface area (TPSA) is 65.9 Å². The van der Waals surface area contributed by atoms with Gasteiger partial charge in [0.15, 0.2) is 5.96 Å². The lowest BCUT2D eigenvalue weighted by molar-refractivity contribution is 0.0514. The third kappa shape index (κ3) is 5.72. The van der Waals surface area contributed by atoms with E-state index < -0.39 is 0 Å². The van der Waals surface area contributed by atoms with Gasteiger partial charge in [-0.15, -0.1) is 0 Å². The van der Waals surface area contributed by atoms with Crippen molar-refractivity contribution in [2.24, 2.45) is 4.99 Å². The summed E-state index contributed by atoms with van der Waals surface area (Å²) in [6, 6.07) is 18.2. The van der Waals surface area contributed by atoms with E-state index in [9.17, 15) is 5.11 Å². The van der Waals surface area contributed by atoms with Crippen molar-refractivity contribution in [3.8, 4) is 0 Å². The maximum Gasteiger partial charge on any atom is 0.191 e.